The van der Waals surface area contributed by atoms with Crippen LogP contribution in [0.1, 0.15) is 16.8 Å². The van der Waals surface area contributed by atoms with Gasteiger partial charge in [-0.15, -0.1) is 0 Å². The first-order valence-corrected chi connectivity index (χ1v) is 6.07. The number of ether oxygens (including phenoxy) is 2. The van der Waals surface area contributed by atoms with Gasteiger partial charge in [0.05, 0.1) is 12.2 Å². The SMILES string of the molecule is COCCCOC(=O)c1ccc(F)c2ccccc12. The van der Waals surface area contributed by atoms with Crippen molar-refractivity contribution in [1.29, 1.82) is 0 Å². The van der Waals surface area contributed by atoms with Crippen molar-refractivity contribution in [3.8, 4) is 0 Å². The number of hydrogen-bond acceptors (Lipinski definition) is 3. The maximum Gasteiger partial charge on any atom is 0.338 e. The van der Waals surface area contributed by atoms with Gasteiger partial charge in [-0.2, -0.15) is 0 Å². The van der Waals surface area contributed by atoms with Crippen molar-refractivity contribution in [2.45, 2.75) is 6.42 Å². The van der Waals surface area contributed by atoms with Gasteiger partial charge in [0.2, 0.25) is 0 Å². The summed E-state index contributed by atoms with van der Waals surface area (Å²) < 4.78 is 23.6. The first-order valence-electron chi connectivity index (χ1n) is 6.07. The number of carbonyl (C=O) groups is 1. The van der Waals surface area contributed by atoms with Crippen LogP contribution in [0.25, 0.3) is 10.8 Å². The summed E-state index contributed by atoms with van der Waals surface area (Å²) in [5.74, 6) is -0.779. The second-order valence-corrected chi connectivity index (χ2v) is 4.12. The van der Waals surface area contributed by atoms with Crippen LogP contribution in [0.15, 0.2) is 36.4 Å². The molecule has 2 aromatic rings. The molecule has 0 aliphatic carbocycles. The van der Waals surface area contributed by atoms with Gasteiger partial charge in [0, 0.05) is 25.5 Å². The molecule has 0 radical (unpaired) electrons. The third kappa shape index (κ3) is 3.09. The maximum absolute atomic E-state index is 13.6. The van der Waals surface area contributed by atoms with Gasteiger partial charge in [0.25, 0.3) is 0 Å². The topological polar surface area (TPSA) is 35.5 Å². The lowest BCUT2D eigenvalue weighted by Crippen LogP contribution is -2.08. The van der Waals surface area contributed by atoms with E-state index in [9.17, 15) is 9.18 Å². The molecule has 0 heterocycles. The highest BCUT2D eigenvalue weighted by atomic mass is 19.1. The molecule has 0 unspecified atom stereocenters. The van der Waals surface area contributed by atoms with Gasteiger partial charge in [0.1, 0.15) is 5.82 Å². The number of esters is 1. The van der Waals surface area contributed by atoms with Crippen molar-refractivity contribution in [3.63, 3.8) is 0 Å². The van der Waals surface area contributed by atoms with Crippen LogP contribution in [0, 0.1) is 5.82 Å². The molecule has 0 aromatic heterocycles. The van der Waals surface area contributed by atoms with Gasteiger partial charge in [-0.3, -0.25) is 0 Å². The van der Waals surface area contributed by atoms with E-state index in [0.717, 1.165) is 0 Å². The summed E-state index contributed by atoms with van der Waals surface area (Å²) in [6.45, 7) is 0.829. The summed E-state index contributed by atoms with van der Waals surface area (Å²) in [4.78, 5) is 11.9. The maximum atomic E-state index is 13.6. The molecule has 0 amide bonds. The standard InChI is InChI=1S/C15H15FO3/c1-18-9-4-10-19-15(17)13-7-8-14(16)12-6-3-2-5-11(12)13/h2-3,5-8H,4,9-10H2,1H3. The Labute approximate surface area is 110 Å². The Morgan fingerprint density at radius 3 is 2.58 bits per heavy atom. The van der Waals surface area contributed by atoms with E-state index in [1.807, 2.05) is 0 Å². The Morgan fingerprint density at radius 1 is 1.11 bits per heavy atom. The molecule has 19 heavy (non-hydrogen) atoms. The van der Waals surface area contributed by atoms with Crippen LogP contribution in [-0.2, 0) is 9.47 Å². The lowest BCUT2D eigenvalue weighted by atomic mass is 10.0. The summed E-state index contributed by atoms with van der Waals surface area (Å²) in [6, 6.07) is 9.60. The smallest absolute Gasteiger partial charge is 0.338 e. The van der Waals surface area contributed by atoms with Gasteiger partial charge in [-0.05, 0) is 17.5 Å². The van der Waals surface area contributed by atoms with Crippen LogP contribution in [-0.4, -0.2) is 26.3 Å². The Morgan fingerprint density at radius 2 is 1.84 bits per heavy atom. The molecule has 0 fully saturated rings. The van der Waals surface area contributed by atoms with Crippen LogP contribution < -0.4 is 0 Å². The Hall–Kier alpha value is -1.94. The van der Waals surface area contributed by atoms with E-state index >= 15 is 0 Å². The number of benzene rings is 2. The molecule has 0 aliphatic rings. The largest absolute Gasteiger partial charge is 0.462 e. The number of methoxy groups -OCH3 is 1. The van der Waals surface area contributed by atoms with Crippen molar-refractivity contribution in [1.82, 2.24) is 0 Å². The van der Waals surface area contributed by atoms with Gasteiger partial charge in [-0.25, -0.2) is 9.18 Å². The second-order valence-electron chi connectivity index (χ2n) is 4.12. The van der Waals surface area contributed by atoms with Crippen molar-refractivity contribution in [2.75, 3.05) is 20.3 Å². The first-order chi connectivity index (χ1) is 9.24. The number of halogens is 1. The predicted molar refractivity (Wildman–Crippen MR) is 70.7 cm³/mol. The highest BCUT2D eigenvalue weighted by Crippen LogP contribution is 2.22. The van der Waals surface area contributed by atoms with Crippen molar-refractivity contribution >= 4 is 16.7 Å². The molecule has 2 rings (SSSR count). The third-order valence-corrected chi connectivity index (χ3v) is 2.82. The molecule has 0 atom stereocenters. The zero-order valence-corrected chi connectivity index (χ0v) is 10.7. The van der Waals surface area contributed by atoms with E-state index in [4.69, 9.17) is 9.47 Å². The van der Waals surface area contributed by atoms with E-state index in [2.05, 4.69) is 0 Å². The number of rotatable bonds is 5. The van der Waals surface area contributed by atoms with E-state index in [1.165, 1.54) is 12.1 Å². The number of hydrogen-bond donors (Lipinski definition) is 0. The molecule has 0 saturated carbocycles. The van der Waals surface area contributed by atoms with Crippen LogP contribution in [0.3, 0.4) is 0 Å². The predicted octanol–water partition coefficient (Wildman–Crippen LogP) is 3.17. The van der Waals surface area contributed by atoms with E-state index in [-0.39, 0.29) is 5.82 Å². The van der Waals surface area contributed by atoms with E-state index in [0.29, 0.717) is 36.0 Å². The zero-order chi connectivity index (χ0) is 13.7. The van der Waals surface area contributed by atoms with Crippen molar-refractivity contribution in [3.05, 3.63) is 47.8 Å². The average molecular weight is 262 g/mol. The summed E-state index contributed by atoms with van der Waals surface area (Å²) in [5, 5.41) is 0.994. The van der Waals surface area contributed by atoms with Crippen molar-refractivity contribution in [2.24, 2.45) is 0 Å². The minimum absolute atomic E-state index is 0.290. The normalized spacial score (nSPS) is 10.6. The average Bonchev–Trinajstić information content (AvgIpc) is 2.44. The highest BCUT2D eigenvalue weighted by Gasteiger charge is 2.13. The Bertz CT molecular complexity index is 581. The van der Waals surface area contributed by atoms with E-state index < -0.39 is 5.97 Å². The summed E-state index contributed by atoms with van der Waals surface area (Å²) in [5.41, 5.74) is 0.384. The lowest BCUT2D eigenvalue weighted by molar-refractivity contribution is 0.0470. The molecule has 0 N–H and O–H groups in total. The van der Waals surface area contributed by atoms with Gasteiger partial charge >= 0.3 is 5.97 Å². The molecule has 4 heteroatoms. The monoisotopic (exact) mass is 262 g/mol. The molecule has 0 aliphatic heterocycles. The highest BCUT2D eigenvalue weighted by molar-refractivity contribution is 6.04. The molecule has 0 saturated heterocycles. The quantitative estimate of drug-likeness (QED) is 0.613. The molecule has 3 nitrogen and oxygen atoms in total. The first kappa shape index (κ1) is 13.5. The minimum Gasteiger partial charge on any atom is -0.462 e. The fraction of sp³-hybridized carbons (Fsp3) is 0.267. The Kier molecular flexibility index (Phi) is 4.47. The van der Waals surface area contributed by atoms with Crippen LogP contribution in [0.2, 0.25) is 0 Å². The zero-order valence-electron chi connectivity index (χ0n) is 10.7. The van der Waals surface area contributed by atoms with Crippen LogP contribution in [0.5, 0.6) is 0 Å². The molecule has 0 spiro atoms. The minimum atomic E-state index is -0.438. The lowest BCUT2D eigenvalue weighted by Gasteiger charge is -2.08. The molecule has 100 valence electrons. The number of carbonyl (C=O) groups excluding carboxylic acids is 1. The summed E-state index contributed by atoms with van der Waals surface area (Å²) in [6.07, 6.45) is 0.640. The van der Waals surface area contributed by atoms with Crippen LogP contribution in [0.4, 0.5) is 4.39 Å². The van der Waals surface area contributed by atoms with E-state index in [1.54, 1.807) is 31.4 Å². The fourth-order valence-corrected chi connectivity index (χ4v) is 1.89. The molecular formula is C15H15FO3. The molecule has 0 bridgehead atoms. The van der Waals surface area contributed by atoms with Gasteiger partial charge in [-0.1, -0.05) is 24.3 Å². The second kappa shape index (κ2) is 6.29. The van der Waals surface area contributed by atoms with Crippen LogP contribution >= 0.6 is 0 Å². The third-order valence-electron chi connectivity index (χ3n) is 2.82. The van der Waals surface area contributed by atoms with Gasteiger partial charge in [0.15, 0.2) is 0 Å². The summed E-state index contributed by atoms with van der Waals surface area (Å²) in [7, 11) is 1.59. The fourth-order valence-electron chi connectivity index (χ4n) is 1.89. The molecular weight excluding hydrogens is 247 g/mol. The number of fused-ring (bicyclic) bond motifs is 1. The molecule has 2 aromatic carbocycles. The van der Waals surface area contributed by atoms with Crippen molar-refractivity contribution < 1.29 is 18.7 Å². The van der Waals surface area contributed by atoms with Gasteiger partial charge < -0.3 is 9.47 Å². The summed E-state index contributed by atoms with van der Waals surface area (Å²) >= 11 is 0. The Balaban J connectivity index is 2.20.